The van der Waals surface area contributed by atoms with E-state index in [9.17, 15) is 18.0 Å². The molecular formula is C17H19N3O4S. The summed E-state index contributed by atoms with van der Waals surface area (Å²) in [5, 5.41) is 5.38. The van der Waals surface area contributed by atoms with Crippen LogP contribution in [0.4, 0.5) is 11.4 Å². The highest BCUT2D eigenvalue weighted by atomic mass is 32.2. The van der Waals surface area contributed by atoms with Crippen molar-refractivity contribution in [3.05, 3.63) is 59.7 Å². The van der Waals surface area contributed by atoms with Gasteiger partial charge in [0.25, 0.3) is 11.8 Å². The lowest BCUT2D eigenvalue weighted by atomic mass is 10.1. The molecule has 132 valence electrons. The standard InChI is InChI=1S/C17H19N3O4S/c1-3-18-16(21)12-6-4-8-14(10-12)19-17(22)13-7-5-9-15(11-13)20-25(2,23)24/h4-11,20H,3H2,1-2H3,(H,18,21)(H,19,22). The van der Waals surface area contributed by atoms with Crippen LogP contribution in [0.2, 0.25) is 0 Å². The summed E-state index contributed by atoms with van der Waals surface area (Å²) in [5.41, 5.74) is 1.49. The lowest BCUT2D eigenvalue weighted by Crippen LogP contribution is -2.22. The molecule has 8 heteroatoms. The van der Waals surface area contributed by atoms with Crippen molar-refractivity contribution in [1.82, 2.24) is 5.32 Å². The molecule has 2 aromatic carbocycles. The Morgan fingerprint density at radius 2 is 1.48 bits per heavy atom. The van der Waals surface area contributed by atoms with Crippen molar-refractivity contribution in [2.24, 2.45) is 0 Å². The number of amides is 2. The van der Waals surface area contributed by atoms with E-state index in [-0.39, 0.29) is 11.5 Å². The molecule has 0 aliphatic rings. The first-order valence-electron chi connectivity index (χ1n) is 7.56. The van der Waals surface area contributed by atoms with E-state index >= 15 is 0 Å². The summed E-state index contributed by atoms with van der Waals surface area (Å²) in [4.78, 5) is 24.2. The fourth-order valence-corrected chi connectivity index (χ4v) is 2.70. The van der Waals surface area contributed by atoms with Crippen molar-refractivity contribution in [2.45, 2.75) is 6.92 Å². The van der Waals surface area contributed by atoms with E-state index in [0.29, 0.717) is 23.5 Å². The maximum atomic E-state index is 12.3. The fourth-order valence-electron chi connectivity index (χ4n) is 2.14. The molecule has 25 heavy (non-hydrogen) atoms. The van der Waals surface area contributed by atoms with Crippen LogP contribution >= 0.6 is 0 Å². The number of nitrogens with one attached hydrogen (secondary N) is 3. The Hall–Kier alpha value is -2.87. The summed E-state index contributed by atoms with van der Waals surface area (Å²) in [5.74, 6) is -0.636. The van der Waals surface area contributed by atoms with Crippen molar-refractivity contribution < 1.29 is 18.0 Å². The molecule has 2 amide bonds. The Labute approximate surface area is 146 Å². The zero-order valence-corrected chi connectivity index (χ0v) is 14.7. The number of carbonyl (C=O) groups is 2. The summed E-state index contributed by atoms with van der Waals surface area (Å²) in [7, 11) is -3.43. The van der Waals surface area contributed by atoms with Gasteiger partial charge in [-0.15, -0.1) is 0 Å². The number of anilines is 2. The van der Waals surface area contributed by atoms with E-state index in [1.807, 2.05) is 6.92 Å². The first-order valence-corrected chi connectivity index (χ1v) is 9.45. The predicted octanol–water partition coefficient (Wildman–Crippen LogP) is 2.06. The molecular weight excluding hydrogens is 342 g/mol. The monoisotopic (exact) mass is 361 g/mol. The highest BCUT2D eigenvalue weighted by Crippen LogP contribution is 2.15. The summed E-state index contributed by atoms with van der Waals surface area (Å²) in [6.07, 6.45) is 1.03. The van der Waals surface area contributed by atoms with Crippen LogP contribution in [0.25, 0.3) is 0 Å². The number of hydrogen-bond donors (Lipinski definition) is 3. The van der Waals surface area contributed by atoms with Crippen molar-refractivity contribution in [2.75, 3.05) is 22.8 Å². The number of carbonyl (C=O) groups excluding carboxylic acids is 2. The Morgan fingerprint density at radius 1 is 0.920 bits per heavy atom. The minimum Gasteiger partial charge on any atom is -0.352 e. The summed E-state index contributed by atoms with van der Waals surface area (Å²) in [6, 6.07) is 12.7. The van der Waals surface area contributed by atoms with Crippen LogP contribution in [0.15, 0.2) is 48.5 Å². The maximum absolute atomic E-state index is 12.3. The van der Waals surface area contributed by atoms with E-state index < -0.39 is 15.9 Å². The van der Waals surface area contributed by atoms with E-state index in [2.05, 4.69) is 15.4 Å². The fraction of sp³-hybridized carbons (Fsp3) is 0.176. The topological polar surface area (TPSA) is 104 Å². The second-order valence-electron chi connectivity index (χ2n) is 5.35. The van der Waals surface area contributed by atoms with Crippen LogP contribution in [0.1, 0.15) is 27.6 Å². The van der Waals surface area contributed by atoms with Crippen LogP contribution in [-0.4, -0.2) is 33.0 Å². The SMILES string of the molecule is CCNC(=O)c1cccc(NC(=O)c2cccc(NS(C)(=O)=O)c2)c1. The number of hydrogen-bond acceptors (Lipinski definition) is 4. The van der Waals surface area contributed by atoms with Crippen molar-refractivity contribution in [3.63, 3.8) is 0 Å². The van der Waals surface area contributed by atoms with E-state index in [0.717, 1.165) is 6.26 Å². The molecule has 2 rings (SSSR count). The van der Waals surface area contributed by atoms with Gasteiger partial charge in [0, 0.05) is 29.0 Å². The van der Waals surface area contributed by atoms with Gasteiger partial charge in [0.05, 0.1) is 6.26 Å². The van der Waals surface area contributed by atoms with E-state index in [1.165, 1.54) is 6.07 Å². The molecule has 0 saturated carbocycles. The van der Waals surface area contributed by atoms with Gasteiger partial charge in [-0.25, -0.2) is 8.42 Å². The minimum atomic E-state index is -3.43. The molecule has 0 aliphatic carbocycles. The Kier molecular flexibility index (Phi) is 5.76. The molecule has 0 radical (unpaired) electrons. The first-order chi connectivity index (χ1) is 11.8. The van der Waals surface area contributed by atoms with Crippen LogP contribution in [-0.2, 0) is 10.0 Å². The molecule has 0 spiro atoms. The Bertz CT molecular complexity index is 894. The minimum absolute atomic E-state index is 0.224. The van der Waals surface area contributed by atoms with E-state index in [4.69, 9.17) is 0 Å². The number of rotatable bonds is 6. The third-order valence-electron chi connectivity index (χ3n) is 3.15. The van der Waals surface area contributed by atoms with Crippen LogP contribution < -0.4 is 15.4 Å². The first kappa shape index (κ1) is 18.5. The van der Waals surface area contributed by atoms with Crippen molar-refractivity contribution >= 4 is 33.2 Å². The molecule has 0 bridgehead atoms. The van der Waals surface area contributed by atoms with Crippen LogP contribution in [0, 0.1) is 0 Å². The van der Waals surface area contributed by atoms with Gasteiger partial charge in [-0.05, 0) is 43.3 Å². The molecule has 0 fully saturated rings. The van der Waals surface area contributed by atoms with Gasteiger partial charge < -0.3 is 10.6 Å². The second kappa shape index (κ2) is 7.80. The van der Waals surface area contributed by atoms with Gasteiger partial charge >= 0.3 is 0 Å². The lowest BCUT2D eigenvalue weighted by molar-refractivity contribution is 0.0954. The Balaban J connectivity index is 2.16. The second-order valence-corrected chi connectivity index (χ2v) is 7.10. The largest absolute Gasteiger partial charge is 0.352 e. The summed E-state index contributed by atoms with van der Waals surface area (Å²) < 4.78 is 24.9. The van der Waals surface area contributed by atoms with Gasteiger partial charge in [-0.2, -0.15) is 0 Å². The average Bonchev–Trinajstić information content (AvgIpc) is 2.54. The van der Waals surface area contributed by atoms with E-state index in [1.54, 1.807) is 42.5 Å². The van der Waals surface area contributed by atoms with Gasteiger partial charge in [-0.1, -0.05) is 12.1 Å². The van der Waals surface area contributed by atoms with Crippen molar-refractivity contribution in [1.29, 1.82) is 0 Å². The maximum Gasteiger partial charge on any atom is 0.255 e. The molecule has 0 saturated heterocycles. The summed E-state index contributed by atoms with van der Waals surface area (Å²) >= 11 is 0. The van der Waals surface area contributed by atoms with Gasteiger partial charge in [0.1, 0.15) is 0 Å². The molecule has 0 atom stereocenters. The zero-order valence-electron chi connectivity index (χ0n) is 13.9. The average molecular weight is 361 g/mol. The van der Waals surface area contributed by atoms with Gasteiger partial charge in [-0.3, -0.25) is 14.3 Å². The smallest absolute Gasteiger partial charge is 0.255 e. The highest BCUT2D eigenvalue weighted by molar-refractivity contribution is 7.92. The van der Waals surface area contributed by atoms with Crippen LogP contribution in [0.5, 0.6) is 0 Å². The lowest BCUT2D eigenvalue weighted by Gasteiger charge is -2.09. The third kappa shape index (κ3) is 5.61. The normalized spacial score (nSPS) is 10.8. The quantitative estimate of drug-likeness (QED) is 0.732. The molecule has 0 aromatic heterocycles. The predicted molar refractivity (Wildman–Crippen MR) is 97.3 cm³/mol. The molecule has 2 aromatic rings. The van der Waals surface area contributed by atoms with Crippen molar-refractivity contribution in [3.8, 4) is 0 Å². The van der Waals surface area contributed by atoms with Gasteiger partial charge in [0.15, 0.2) is 0 Å². The van der Waals surface area contributed by atoms with Crippen LogP contribution in [0.3, 0.4) is 0 Å². The highest BCUT2D eigenvalue weighted by Gasteiger charge is 2.10. The molecule has 0 aliphatic heterocycles. The van der Waals surface area contributed by atoms with Gasteiger partial charge in [0.2, 0.25) is 10.0 Å². The summed E-state index contributed by atoms with van der Waals surface area (Å²) in [6.45, 7) is 2.33. The number of sulfonamides is 1. The molecule has 3 N–H and O–H groups in total. The Morgan fingerprint density at radius 3 is 2.08 bits per heavy atom. The number of benzene rings is 2. The molecule has 0 unspecified atom stereocenters. The third-order valence-corrected chi connectivity index (χ3v) is 3.75. The zero-order chi connectivity index (χ0) is 18.4. The molecule has 0 heterocycles. The molecule has 7 nitrogen and oxygen atoms in total.